The van der Waals surface area contributed by atoms with Crippen molar-refractivity contribution in [2.24, 2.45) is 27.7 Å². The Bertz CT molecular complexity index is 2360. The summed E-state index contributed by atoms with van der Waals surface area (Å²) < 4.78 is 53.1. The van der Waals surface area contributed by atoms with Crippen LogP contribution in [0.3, 0.4) is 0 Å². The number of likely N-dealkylation sites (tertiary alicyclic amines) is 1. The molecule has 5 heterocycles. The first kappa shape index (κ1) is 49.1. The van der Waals surface area contributed by atoms with Crippen molar-refractivity contribution in [3.05, 3.63) is 58.7 Å². The molecule has 1 aliphatic carbocycles. The molecule has 8 rings (SSSR count). The number of halogens is 1. The Balaban J connectivity index is 0.755. The second kappa shape index (κ2) is 20.3. The molecule has 0 radical (unpaired) electrons. The van der Waals surface area contributed by atoms with Crippen LogP contribution >= 0.6 is 11.6 Å². The molecule has 0 aromatic heterocycles. The molecule has 3 saturated heterocycles. The number of hydrogen-bond donors (Lipinski definition) is 5. The lowest BCUT2D eigenvalue weighted by Gasteiger charge is -2.63. The monoisotopic (exact) mass is 963 g/mol. The first-order valence-electron chi connectivity index (χ1n) is 23.7. The number of anilines is 1. The second-order valence-electron chi connectivity index (χ2n) is 19.8. The zero-order chi connectivity index (χ0) is 47.7. The summed E-state index contributed by atoms with van der Waals surface area (Å²) in [5.74, 6) is 1.37. The molecule has 364 valence electrons. The third-order valence-corrected chi connectivity index (χ3v) is 16.1. The van der Waals surface area contributed by atoms with Crippen molar-refractivity contribution in [3.63, 3.8) is 0 Å². The smallest absolute Gasteiger partial charge is 0.244 e. The van der Waals surface area contributed by atoms with Crippen LogP contribution in [0.1, 0.15) is 77.8 Å². The minimum absolute atomic E-state index is 0.00442. The van der Waals surface area contributed by atoms with Crippen LogP contribution in [0.25, 0.3) is 5.57 Å². The van der Waals surface area contributed by atoms with E-state index in [0.29, 0.717) is 79.5 Å². The molecule has 1 saturated carbocycles. The first-order chi connectivity index (χ1) is 32.0. The number of carbonyl (C=O) groups excluding carboxylic acids is 2. The molecule has 5 N–H and O–H groups in total. The normalized spacial score (nSPS) is 28.6. The van der Waals surface area contributed by atoms with Gasteiger partial charge in [-0.2, -0.15) is 5.26 Å². The topological polar surface area (TPSA) is 208 Å². The third-order valence-electron chi connectivity index (χ3n) is 14.4. The van der Waals surface area contributed by atoms with E-state index in [0.717, 1.165) is 49.9 Å². The summed E-state index contributed by atoms with van der Waals surface area (Å²) in [7, 11) is -1.78. The van der Waals surface area contributed by atoms with Gasteiger partial charge < -0.3 is 34.5 Å². The summed E-state index contributed by atoms with van der Waals surface area (Å²) in [6.07, 6.45) is 5.48. The number of hydrogen-bond acceptors (Lipinski definition) is 14. The van der Waals surface area contributed by atoms with Gasteiger partial charge in [0.2, 0.25) is 21.8 Å². The summed E-state index contributed by atoms with van der Waals surface area (Å²) in [5.41, 5.74) is 1.78. The van der Waals surface area contributed by atoms with Gasteiger partial charge in [0.05, 0.1) is 60.1 Å². The summed E-state index contributed by atoms with van der Waals surface area (Å²) in [6, 6.07) is 12.0. The lowest BCUT2D eigenvalue weighted by Crippen LogP contribution is -2.75. The van der Waals surface area contributed by atoms with E-state index < -0.39 is 10.0 Å². The molecule has 2 aromatic rings. The van der Waals surface area contributed by atoms with Gasteiger partial charge in [-0.15, -0.1) is 0 Å². The lowest BCUT2D eigenvalue weighted by atomic mass is 9.49. The van der Waals surface area contributed by atoms with Gasteiger partial charge in [0.15, 0.2) is 5.90 Å². The number of nitrogens with one attached hydrogen (secondary N) is 5. The fourth-order valence-electron chi connectivity index (χ4n) is 11.0. The molecule has 0 bridgehead atoms. The largest absolute Gasteiger partial charge is 0.489 e. The van der Waals surface area contributed by atoms with E-state index >= 15 is 0 Å². The molecule has 0 spiro atoms. The number of amides is 2. The highest BCUT2D eigenvalue weighted by Crippen LogP contribution is 2.55. The number of aliphatic imine (C=N–C) groups is 1. The number of sulfonamides is 1. The van der Waals surface area contributed by atoms with Crippen molar-refractivity contribution in [2.45, 2.75) is 103 Å². The number of nitriles is 1. The second-order valence-corrected chi connectivity index (χ2v) is 22.2. The van der Waals surface area contributed by atoms with Crippen molar-refractivity contribution in [2.75, 3.05) is 70.0 Å². The van der Waals surface area contributed by atoms with Crippen LogP contribution in [-0.4, -0.2) is 138 Å². The van der Waals surface area contributed by atoms with Gasteiger partial charge in [0, 0.05) is 86.1 Å². The van der Waals surface area contributed by atoms with E-state index in [1.165, 1.54) is 0 Å². The summed E-state index contributed by atoms with van der Waals surface area (Å²) in [4.78, 5) is 35.2. The highest BCUT2D eigenvalue weighted by molar-refractivity contribution is 7.92. The molecule has 3 unspecified atom stereocenters. The number of nitrogens with zero attached hydrogens (tertiary/aromatic N) is 4. The van der Waals surface area contributed by atoms with Gasteiger partial charge in [0.25, 0.3) is 0 Å². The standard InChI is InChI=1S/C48H66ClN9O8S/c1-7-67(61,62)56-31-9-11-39(36(22-31)37-28-57(6)43(60)41-35(37)13-17-52-41)66-40-24-33(12-16-51-40)64-21-20-63-32-14-18-58(19-15-32)46-53-26-30(27-54-46)42(59)55-44-47(2,3)45(48(44,4)5)65-34-10-8-29(25-50)38(49)23-34/h8-11,22-23,28,30,32-33,35,41,44-46,52-54,56H,7,12-21,24,26-27H2,1-6H3,(H,55,59). The minimum atomic E-state index is -3.52. The molecule has 17 nitrogen and oxygen atoms in total. The van der Waals surface area contributed by atoms with Crippen molar-refractivity contribution in [3.8, 4) is 17.6 Å². The van der Waals surface area contributed by atoms with Crippen LogP contribution in [0.15, 0.2) is 47.6 Å². The Morgan fingerprint density at radius 3 is 2.39 bits per heavy atom. The molecule has 3 atom stereocenters. The molecule has 67 heavy (non-hydrogen) atoms. The van der Waals surface area contributed by atoms with E-state index in [9.17, 15) is 23.3 Å². The zero-order valence-electron chi connectivity index (χ0n) is 39.4. The van der Waals surface area contributed by atoms with Crippen LogP contribution in [0.5, 0.6) is 11.5 Å². The van der Waals surface area contributed by atoms with Crippen molar-refractivity contribution >= 4 is 50.6 Å². The summed E-state index contributed by atoms with van der Waals surface area (Å²) >= 11 is 6.27. The van der Waals surface area contributed by atoms with Gasteiger partial charge in [0.1, 0.15) is 30.0 Å². The lowest BCUT2D eigenvalue weighted by molar-refractivity contribution is -0.174. The molecule has 19 heteroatoms. The maximum atomic E-state index is 13.6. The minimum Gasteiger partial charge on any atom is -0.489 e. The van der Waals surface area contributed by atoms with Crippen molar-refractivity contribution < 1.29 is 37.0 Å². The van der Waals surface area contributed by atoms with Crippen LogP contribution in [0.4, 0.5) is 5.69 Å². The number of ether oxygens (including phenoxy) is 4. The predicted octanol–water partition coefficient (Wildman–Crippen LogP) is 4.29. The highest BCUT2D eigenvalue weighted by Gasteiger charge is 2.64. The fraction of sp³-hybridized carbons (Fsp3) is 0.625. The maximum absolute atomic E-state index is 13.6. The van der Waals surface area contributed by atoms with Crippen LogP contribution in [0.2, 0.25) is 5.02 Å². The number of likely N-dealkylation sites (N-methyl/N-ethyl adjacent to an activating group) is 1. The quantitative estimate of drug-likeness (QED) is 0.158. The number of piperidine rings is 1. The van der Waals surface area contributed by atoms with Gasteiger partial charge in [-0.3, -0.25) is 34.8 Å². The van der Waals surface area contributed by atoms with E-state index in [-0.39, 0.29) is 76.9 Å². The molecule has 6 aliphatic rings. The molecule has 2 aromatic carbocycles. The average molecular weight is 965 g/mol. The number of benzene rings is 2. The van der Waals surface area contributed by atoms with Crippen LogP contribution in [0, 0.1) is 34.0 Å². The van der Waals surface area contributed by atoms with Gasteiger partial charge in [-0.25, -0.2) is 8.42 Å². The molecular weight excluding hydrogens is 898 g/mol. The zero-order valence-corrected chi connectivity index (χ0v) is 41.0. The molecule has 2 amide bonds. The Hall–Kier alpha value is -4.32. The molecular formula is C48H66ClN9O8S. The molecule has 5 aliphatic heterocycles. The van der Waals surface area contributed by atoms with Crippen molar-refractivity contribution in [1.29, 1.82) is 5.26 Å². The first-order valence-corrected chi connectivity index (χ1v) is 25.7. The van der Waals surface area contributed by atoms with Crippen molar-refractivity contribution in [1.82, 2.24) is 31.1 Å². The Labute approximate surface area is 399 Å². The number of carbonyl (C=O) groups is 2. The summed E-state index contributed by atoms with van der Waals surface area (Å²) in [6.45, 7) is 15.1. The third kappa shape index (κ3) is 10.8. The van der Waals surface area contributed by atoms with E-state index in [2.05, 4.69) is 69.6 Å². The predicted molar refractivity (Wildman–Crippen MR) is 256 cm³/mol. The van der Waals surface area contributed by atoms with E-state index in [1.807, 2.05) is 6.20 Å². The SMILES string of the molecule is CCS(=O)(=O)Nc1ccc(OC2=NCCC(OCCOC3CCN(C4NCC(C(=O)NC5C(C)(C)C(Oc6ccc(C#N)c(Cl)c6)C5(C)C)CN4)CC3)C2)c(C2=CN(C)C(=O)C3NCCC23)c1. The van der Waals surface area contributed by atoms with Crippen LogP contribution < -0.4 is 35.5 Å². The van der Waals surface area contributed by atoms with E-state index in [4.69, 9.17) is 30.5 Å². The van der Waals surface area contributed by atoms with Crippen LogP contribution in [-0.2, 0) is 29.1 Å². The fourth-order valence-corrected chi connectivity index (χ4v) is 11.9. The van der Waals surface area contributed by atoms with Gasteiger partial charge >= 0.3 is 0 Å². The average Bonchev–Trinajstić information content (AvgIpc) is 3.81. The Morgan fingerprint density at radius 2 is 1.70 bits per heavy atom. The molecule has 4 fully saturated rings. The Morgan fingerprint density at radius 1 is 0.985 bits per heavy atom. The maximum Gasteiger partial charge on any atom is 0.244 e. The Kier molecular flexibility index (Phi) is 14.9. The highest BCUT2D eigenvalue weighted by atomic mass is 35.5. The van der Waals surface area contributed by atoms with Gasteiger partial charge in [-0.05, 0) is 75.1 Å². The van der Waals surface area contributed by atoms with E-state index in [1.54, 1.807) is 55.3 Å². The van der Waals surface area contributed by atoms with Gasteiger partial charge in [-0.1, -0.05) is 39.3 Å². The number of fused-ring (bicyclic) bond motifs is 1. The number of rotatable bonds is 15. The summed E-state index contributed by atoms with van der Waals surface area (Å²) in [5, 5.41) is 23.4.